The Balaban J connectivity index is 2.42. The number of rotatable bonds is 6. The number of amides is 1. The zero-order valence-electron chi connectivity index (χ0n) is 8.91. The van der Waals surface area contributed by atoms with Crippen LogP contribution in [0.4, 0.5) is 0 Å². The van der Waals surface area contributed by atoms with Gasteiger partial charge < -0.3 is 15.2 Å². The number of hydrogen-bond acceptors (Lipinski definition) is 3. The van der Waals surface area contributed by atoms with Crippen LogP contribution in [0.3, 0.4) is 0 Å². The topological polar surface area (TPSA) is 75.6 Å². The number of ether oxygens (including phenoxy) is 1. The van der Waals surface area contributed by atoms with Gasteiger partial charge in [0.25, 0.3) is 0 Å². The summed E-state index contributed by atoms with van der Waals surface area (Å²) >= 11 is 0. The molecule has 1 amide bonds. The van der Waals surface area contributed by atoms with E-state index in [0.717, 1.165) is 19.3 Å². The molecule has 0 saturated heterocycles. The summed E-state index contributed by atoms with van der Waals surface area (Å²) in [6.45, 7) is 0.244. The molecular weight excluding hydrogens is 198 g/mol. The van der Waals surface area contributed by atoms with Crippen molar-refractivity contribution in [2.75, 3.05) is 20.3 Å². The molecule has 5 heteroatoms. The number of nitrogens with one attached hydrogen (secondary N) is 1. The molecule has 0 unspecified atom stereocenters. The zero-order chi connectivity index (χ0) is 11.3. The summed E-state index contributed by atoms with van der Waals surface area (Å²) in [6, 6.07) is 0. The molecule has 1 rings (SSSR count). The van der Waals surface area contributed by atoms with Crippen molar-refractivity contribution in [2.24, 2.45) is 5.41 Å². The molecule has 1 saturated carbocycles. The van der Waals surface area contributed by atoms with Gasteiger partial charge >= 0.3 is 5.97 Å². The average Bonchev–Trinajstić information content (AvgIpc) is 2.13. The summed E-state index contributed by atoms with van der Waals surface area (Å²) in [5.41, 5.74) is -0.370. The van der Waals surface area contributed by atoms with Crippen LogP contribution in [0, 0.1) is 5.41 Å². The minimum absolute atomic E-state index is 0.145. The summed E-state index contributed by atoms with van der Waals surface area (Å²) in [5, 5.41) is 10.9. The maximum atomic E-state index is 11.7. The van der Waals surface area contributed by atoms with Crippen molar-refractivity contribution in [3.63, 3.8) is 0 Å². The van der Waals surface area contributed by atoms with Crippen LogP contribution in [0.15, 0.2) is 0 Å². The van der Waals surface area contributed by atoms with E-state index in [-0.39, 0.29) is 17.9 Å². The predicted octanol–water partition coefficient (Wildman–Crippen LogP) is 0.394. The Bertz CT molecular complexity index is 248. The molecule has 5 nitrogen and oxygen atoms in total. The highest BCUT2D eigenvalue weighted by Crippen LogP contribution is 2.44. The maximum Gasteiger partial charge on any atom is 0.322 e. The van der Waals surface area contributed by atoms with Gasteiger partial charge in [0.2, 0.25) is 5.91 Å². The summed E-state index contributed by atoms with van der Waals surface area (Å²) < 4.78 is 4.95. The maximum absolute atomic E-state index is 11.7. The second-order valence-corrected chi connectivity index (χ2v) is 3.95. The van der Waals surface area contributed by atoms with Gasteiger partial charge in [-0.05, 0) is 19.3 Å². The molecule has 1 fully saturated rings. The lowest BCUT2D eigenvalue weighted by Crippen LogP contribution is -2.47. The summed E-state index contributed by atoms with van der Waals surface area (Å²) in [4.78, 5) is 22.0. The number of aliphatic carboxylic acids is 1. The smallest absolute Gasteiger partial charge is 0.322 e. The summed E-state index contributed by atoms with van der Waals surface area (Å²) in [7, 11) is 1.60. The normalized spacial score (nSPS) is 17.9. The second-order valence-electron chi connectivity index (χ2n) is 3.95. The van der Waals surface area contributed by atoms with E-state index in [1.54, 1.807) is 7.11 Å². The van der Waals surface area contributed by atoms with Crippen LogP contribution in [-0.2, 0) is 14.3 Å². The van der Waals surface area contributed by atoms with Crippen molar-refractivity contribution in [3.05, 3.63) is 0 Å². The first-order valence-electron chi connectivity index (χ1n) is 5.10. The van der Waals surface area contributed by atoms with Gasteiger partial charge in [-0.2, -0.15) is 0 Å². The minimum atomic E-state index is -1.01. The van der Waals surface area contributed by atoms with Gasteiger partial charge in [-0.1, -0.05) is 6.42 Å². The van der Waals surface area contributed by atoms with Crippen LogP contribution in [0.25, 0.3) is 0 Å². The Morgan fingerprint density at radius 1 is 1.47 bits per heavy atom. The van der Waals surface area contributed by atoms with Gasteiger partial charge in [-0.15, -0.1) is 0 Å². The third-order valence-corrected chi connectivity index (χ3v) is 2.98. The highest BCUT2D eigenvalue weighted by atomic mass is 16.5. The number of carboxylic acid groups (broad SMARTS) is 1. The quantitative estimate of drug-likeness (QED) is 0.672. The Morgan fingerprint density at radius 3 is 2.53 bits per heavy atom. The van der Waals surface area contributed by atoms with Gasteiger partial charge in [0.05, 0.1) is 5.41 Å². The molecule has 0 aromatic heterocycles. The van der Waals surface area contributed by atoms with Crippen molar-refractivity contribution in [3.8, 4) is 0 Å². The van der Waals surface area contributed by atoms with E-state index >= 15 is 0 Å². The molecule has 0 spiro atoms. The Labute approximate surface area is 88.8 Å². The number of carboxylic acids is 1. The Hall–Kier alpha value is -1.10. The van der Waals surface area contributed by atoms with Crippen LogP contribution in [0.1, 0.15) is 25.7 Å². The van der Waals surface area contributed by atoms with Crippen LogP contribution < -0.4 is 5.32 Å². The monoisotopic (exact) mass is 215 g/mol. The first kappa shape index (κ1) is 12.0. The second kappa shape index (κ2) is 5.11. The zero-order valence-corrected chi connectivity index (χ0v) is 8.91. The molecule has 0 radical (unpaired) electrons. The van der Waals surface area contributed by atoms with Crippen LogP contribution in [0.5, 0.6) is 0 Å². The summed E-state index contributed by atoms with van der Waals surface area (Å²) in [5.74, 6) is -1.15. The molecule has 0 aromatic rings. The average molecular weight is 215 g/mol. The SMILES string of the molecule is COCCC1(C(=O)NCC(=O)O)CCC1. The molecule has 86 valence electrons. The van der Waals surface area contributed by atoms with E-state index < -0.39 is 5.97 Å². The number of hydrogen-bond donors (Lipinski definition) is 2. The van der Waals surface area contributed by atoms with Gasteiger partial charge in [0, 0.05) is 13.7 Å². The van der Waals surface area contributed by atoms with Gasteiger partial charge in [0.15, 0.2) is 0 Å². The van der Waals surface area contributed by atoms with Crippen molar-refractivity contribution in [1.82, 2.24) is 5.32 Å². The lowest BCUT2D eigenvalue weighted by molar-refractivity contribution is -0.143. The van der Waals surface area contributed by atoms with E-state index in [2.05, 4.69) is 5.32 Å². The fraction of sp³-hybridized carbons (Fsp3) is 0.800. The molecule has 1 aliphatic rings. The molecule has 0 aromatic carbocycles. The van der Waals surface area contributed by atoms with Gasteiger partial charge in [-0.3, -0.25) is 9.59 Å². The molecule has 2 N–H and O–H groups in total. The molecule has 15 heavy (non-hydrogen) atoms. The van der Waals surface area contributed by atoms with E-state index in [9.17, 15) is 9.59 Å². The van der Waals surface area contributed by atoms with Crippen molar-refractivity contribution >= 4 is 11.9 Å². The third-order valence-electron chi connectivity index (χ3n) is 2.98. The van der Waals surface area contributed by atoms with Crippen LogP contribution >= 0.6 is 0 Å². The highest BCUT2D eigenvalue weighted by Gasteiger charge is 2.43. The Morgan fingerprint density at radius 2 is 2.13 bits per heavy atom. The Kier molecular flexibility index (Phi) is 4.08. The van der Waals surface area contributed by atoms with E-state index in [1.165, 1.54) is 0 Å². The van der Waals surface area contributed by atoms with Crippen molar-refractivity contribution in [2.45, 2.75) is 25.7 Å². The van der Waals surface area contributed by atoms with E-state index in [1.807, 2.05) is 0 Å². The number of methoxy groups -OCH3 is 1. The van der Waals surface area contributed by atoms with Gasteiger partial charge in [-0.25, -0.2) is 0 Å². The predicted molar refractivity (Wildman–Crippen MR) is 53.4 cm³/mol. The summed E-state index contributed by atoms with van der Waals surface area (Å²) in [6.07, 6.45) is 3.38. The fourth-order valence-corrected chi connectivity index (χ4v) is 1.83. The largest absolute Gasteiger partial charge is 0.480 e. The number of carbonyl (C=O) groups excluding carboxylic acids is 1. The molecule has 1 aliphatic carbocycles. The lowest BCUT2D eigenvalue weighted by atomic mass is 9.66. The van der Waals surface area contributed by atoms with E-state index in [0.29, 0.717) is 13.0 Å². The van der Waals surface area contributed by atoms with Crippen molar-refractivity contribution in [1.29, 1.82) is 0 Å². The third kappa shape index (κ3) is 2.92. The molecule has 0 aliphatic heterocycles. The molecule has 0 bridgehead atoms. The first-order chi connectivity index (χ1) is 7.10. The molecule has 0 heterocycles. The van der Waals surface area contributed by atoms with Crippen LogP contribution in [0.2, 0.25) is 0 Å². The number of carbonyl (C=O) groups is 2. The fourth-order valence-electron chi connectivity index (χ4n) is 1.83. The molecule has 0 atom stereocenters. The van der Waals surface area contributed by atoms with E-state index in [4.69, 9.17) is 9.84 Å². The minimum Gasteiger partial charge on any atom is -0.480 e. The van der Waals surface area contributed by atoms with Gasteiger partial charge in [0.1, 0.15) is 6.54 Å². The standard InChI is InChI=1S/C10H17NO4/c1-15-6-5-10(3-2-4-10)9(14)11-7-8(12)13/h2-7H2,1H3,(H,11,14)(H,12,13). The highest BCUT2D eigenvalue weighted by molar-refractivity contribution is 5.86. The van der Waals surface area contributed by atoms with Crippen molar-refractivity contribution < 1.29 is 19.4 Å². The van der Waals surface area contributed by atoms with Crippen LogP contribution in [-0.4, -0.2) is 37.2 Å². The lowest BCUT2D eigenvalue weighted by Gasteiger charge is -2.40. The first-order valence-corrected chi connectivity index (χ1v) is 5.10. The molecular formula is C10H17NO4.